The highest BCUT2D eigenvalue weighted by Crippen LogP contribution is 2.26. The number of rotatable bonds is 4. The number of carbonyl (C=O) groups is 2. The molecule has 7 heteroatoms. The Bertz CT molecular complexity index is 1010. The van der Waals surface area contributed by atoms with Crippen LogP contribution in [0.3, 0.4) is 0 Å². The topological polar surface area (TPSA) is 63.9 Å². The van der Waals surface area contributed by atoms with Crippen LogP contribution in [0, 0.1) is 12.8 Å². The number of piperidine rings is 1. The van der Waals surface area contributed by atoms with Gasteiger partial charge in [-0.15, -0.1) is 11.3 Å². The van der Waals surface area contributed by atoms with Crippen LogP contribution in [0.5, 0.6) is 0 Å². The quantitative estimate of drug-likeness (QED) is 0.629. The van der Waals surface area contributed by atoms with Gasteiger partial charge in [-0.3, -0.25) is 14.0 Å². The molecular formula is C21H23N3O3S. The summed E-state index contributed by atoms with van der Waals surface area (Å²) >= 11 is 1.45. The van der Waals surface area contributed by atoms with Gasteiger partial charge in [-0.25, -0.2) is 4.98 Å². The van der Waals surface area contributed by atoms with E-state index in [4.69, 9.17) is 4.74 Å². The van der Waals surface area contributed by atoms with Crippen LogP contribution < -0.4 is 0 Å². The lowest BCUT2D eigenvalue weighted by molar-refractivity contribution is -0.149. The minimum absolute atomic E-state index is 0.0619. The molecule has 6 nitrogen and oxygen atoms in total. The van der Waals surface area contributed by atoms with E-state index in [2.05, 4.69) is 24.0 Å². The number of aryl methyl sites for hydroxylation is 1. The van der Waals surface area contributed by atoms with Crippen LogP contribution in [-0.4, -0.2) is 45.9 Å². The fourth-order valence-corrected chi connectivity index (χ4v) is 4.42. The number of fused-ring (bicyclic) bond motifs is 1. The Kier molecular flexibility index (Phi) is 5.17. The highest BCUT2D eigenvalue weighted by molar-refractivity contribution is 7.15. The van der Waals surface area contributed by atoms with Gasteiger partial charge in [0.25, 0.3) is 5.91 Å². The fraction of sp³-hybridized carbons (Fsp3) is 0.381. The summed E-state index contributed by atoms with van der Waals surface area (Å²) < 4.78 is 7.00. The van der Waals surface area contributed by atoms with Crippen molar-refractivity contribution in [1.29, 1.82) is 0 Å². The van der Waals surface area contributed by atoms with Crippen LogP contribution >= 0.6 is 11.3 Å². The summed E-state index contributed by atoms with van der Waals surface area (Å²) in [5.41, 5.74) is 3.67. The van der Waals surface area contributed by atoms with Gasteiger partial charge in [-0.1, -0.05) is 29.8 Å². The Morgan fingerprint density at radius 2 is 2.07 bits per heavy atom. The molecular weight excluding hydrogens is 374 g/mol. The molecule has 0 bridgehead atoms. The predicted molar refractivity (Wildman–Crippen MR) is 109 cm³/mol. The lowest BCUT2D eigenvalue weighted by Crippen LogP contribution is -2.43. The van der Waals surface area contributed by atoms with Crippen molar-refractivity contribution in [2.24, 2.45) is 5.92 Å². The zero-order valence-corrected chi connectivity index (χ0v) is 16.9. The Morgan fingerprint density at radius 1 is 1.29 bits per heavy atom. The second-order valence-electron chi connectivity index (χ2n) is 7.11. The molecule has 1 saturated heterocycles. The first-order valence-electron chi connectivity index (χ1n) is 9.56. The van der Waals surface area contributed by atoms with Crippen LogP contribution in [0.4, 0.5) is 0 Å². The smallest absolute Gasteiger partial charge is 0.310 e. The van der Waals surface area contributed by atoms with Gasteiger partial charge in [0.2, 0.25) is 0 Å². The maximum atomic E-state index is 13.1. The Morgan fingerprint density at radius 3 is 2.82 bits per heavy atom. The molecule has 2 aromatic heterocycles. The molecule has 1 atom stereocenters. The number of ether oxygens (including phenoxy) is 1. The Hall–Kier alpha value is -2.67. The number of imidazole rings is 1. The van der Waals surface area contributed by atoms with Crippen molar-refractivity contribution in [2.45, 2.75) is 26.7 Å². The van der Waals surface area contributed by atoms with Crippen LogP contribution in [0.25, 0.3) is 16.2 Å². The van der Waals surface area contributed by atoms with E-state index in [1.54, 1.807) is 11.8 Å². The van der Waals surface area contributed by atoms with Gasteiger partial charge < -0.3 is 9.64 Å². The average Bonchev–Trinajstić information content (AvgIpc) is 3.29. The van der Waals surface area contributed by atoms with Crippen LogP contribution in [-0.2, 0) is 9.53 Å². The molecule has 1 unspecified atom stereocenters. The van der Waals surface area contributed by atoms with Crippen molar-refractivity contribution in [3.8, 4) is 11.3 Å². The number of hydrogen-bond donors (Lipinski definition) is 0. The van der Waals surface area contributed by atoms with E-state index in [0.717, 1.165) is 29.1 Å². The fourth-order valence-electron chi connectivity index (χ4n) is 3.58. The molecule has 0 radical (unpaired) electrons. The first-order chi connectivity index (χ1) is 13.6. The highest BCUT2D eigenvalue weighted by Gasteiger charge is 2.31. The molecule has 3 heterocycles. The maximum Gasteiger partial charge on any atom is 0.310 e. The number of carbonyl (C=O) groups excluding carboxylic acids is 2. The van der Waals surface area contributed by atoms with Gasteiger partial charge in [0.15, 0.2) is 4.96 Å². The first-order valence-corrected chi connectivity index (χ1v) is 10.4. The van der Waals surface area contributed by atoms with Gasteiger partial charge in [0.1, 0.15) is 5.69 Å². The summed E-state index contributed by atoms with van der Waals surface area (Å²) in [6.45, 7) is 5.29. The van der Waals surface area contributed by atoms with Crippen molar-refractivity contribution in [3.05, 3.63) is 47.1 Å². The number of hydrogen-bond acceptors (Lipinski definition) is 5. The summed E-state index contributed by atoms with van der Waals surface area (Å²) in [6, 6.07) is 8.19. The van der Waals surface area contributed by atoms with E-state index in [9.17, 15) is 9.59 Å². The molecule has 0 spiro atoms. The summed E-state index contributed by atoms with van der Waals surface area (Å²) in [4.78, 5) is 32.4. The molecule has 1 fully saturated rings. The van der Waals surface area contributed by atoms with Crippen LogP contribution in [0.15, 0.2) is 35.8 Å². The molecule has 1 amide bonds. The largest absolute Gasteiger partial charge is 0.466 e. The molecule has 3 aromatic rings. The number of benzene rings is 1. The first kappa shape index (κ1) is 18.7. The highest BCUT2D eigenvalue weighted by atomic mass is 32.1. The van der Waals surface area contributed by atoms with E-state index in [0.29, 0.717) is 25.4 Å². The predicted octanol–water partition coefficient (Wildman–Crippen LogP) is 3.79. The summed E-state index contributed by atoms with van der Waals surface area (Å²) in [7, 11) is 0. The van der Waals surface area contributed by atoms with E-state index >= 15 is 0 Å². The summed E-state index contributed by atoms with van der Waals surface area (Å²) in [5.74, 6) is -0.509. The summed E-state index contributed by atoms with van der Waals surface area (Å²) in [6.07, 6.45) is 3.49. The molecule has 0 aliphatic carbocycles. The number of aromatic nitrogens is 2. The number of thiazole rings is 1. The zero-order valence-electron chi connectivity index (χ0n) is 16.1. The van der Waals surface area contributed by atoms with Crippen molar-refractivity contribution in [3.63, 3.8) is 0 Å². The third kappa shape index (κ3) is 3.54. The number of nitrogens with zero attached hydrogens (tertiary/aromatic N) is 3. The summed E-state index contributed by atoms with van der Waals surface area (Å²) in [5, 5.41) is 1.84. The zero-order chi connectivity index (χ0) is 19.7. The standard InChI is InChI=1S/C21H23N3O3S/c1-3-27-20(26)16-5-4-10-23(11-16)19(25)18-13-28-21-22-17(12-24(18)21)15-8-6-14(2)7-9-15/h6-9,12-13,16H,3-5,10-11H2,1-2H3. The average molecular weight is 398 g/mol. The van der Waals surface area contributed by atoms with Crippen molar-refractivity contribution in [1.82, 2.24) is 14.3 Å². The molecule has 146 valence electrons. The molecule has 1 aliphatic rings. The van der Waals surface area contributed by atoms with Crippen LogP contribution in [0.1, 0.15) is 35.8 Å². The number of amides is 1. The van der Waals surface area contributed by atoms with Gasteiger partial charge >= 0.3 is 5.97 Å². The molecule has 0 saturated carbocycles. The Labute approximate surface area is 167 Å². The minimum Gasteiger partial charge on any atom is -0.466 e. The lowest BCUT2D eigenvalue weighted by Gasteiger charge is -2.31. The molecule has 28 heavy (non-hydrogen) atoms. The van der Waals surface area contributed by atoms with Crippen molar-refractivity contribution >= 4 is 28.2 Å². The van der Waals surface area contributed by atoms with Crippen LogP contribution in [0.2, 0.25) is 0 Å². The third-order valence-electron chi connectivity index (χ3n) is 5.10. The van der Waals surface area contributed by atoms with Gasteiger partial charge in [-0.05, 0) is 26.7 Å². The van der Waals surface area contributed by atoms with Gasteiger partial charge in [-0.2, -0.15) is 0 Å². The minimum atomic E-state index is -0.238. The lowest BCUT2D eigenvalue weighted by atomic mass is 9.98. The van der Waals surface area contributed by atoms with E-state index < -0.39 is 0 Å². The molecule has 1 aromatic carbocycles. The third-order valence-corrected chi connectivity index (χ3v) is 5.94. The Balaban J connectivity index is 1.57. The number of likely N-dealkylation sites (tertiary alicyclic amines) is 1. The van der Waals surface area contributed by atoms with Gasteiger partial charge in [0, 0.05) is 30.2 Å². The molecule has 1 aliphatic heterocycles. The van der Waals surface area contributed by atoms with Gasteiger partial charge in [0.05, 0.1) is 18.2 Å². The second-order valence-corrected chi connectivity index (χ2v) is 7.94. The van der Waals surface area contributed by atoms with E-state index in [-0.39, 0.29) is 17.8 Å². The second kappa shape index (κ2) is 7.75. The SMILES string of the molecule is CCOC(=O)C1CCCN(C(=O)c2csc3nc(-c4ccc(C)cc4)cn23)C1. The van der Waals surface area contributed by atoms with Crippen molar-refractivity contribution in [2.75, 3.05) is 19.7 Å². The number of esters is 1. The normalized spacial score (nSPS) is 17.1. The molecule has 4 rings (SSSR count). The maximum absolute atomic E-state index is 13.1. The molecule has 0 N–H and O–H groups in total. The van der Waals surface area contributed by atoms with Crippen molar-refractivity contribution < 1.29 is 14.3 Å². The van der Waals surface area contributed by atoms with E-state index in [1.165, 1.54) is 16.9 Å². The monoisotopic (exact) mass is 397 g/mol. The van der Waals surface area contributed by atoms with E-state index in [1.807, 2.05) is 28.1 Å².